The molecule has 0 saturated carbocycles. The van der Waals surface area contributed by atoms with Gasteiger partial charge in [0.15, 0.2) is 0 Å². The third-order valence-corrected chi connectivity index (χ3v) is 4.76. The Morgan fingerprint density at radius 1 is 1.00 bits per heavy atom. The van der Waals surface area contributed by atoms with E-state index >= 15 is 0 Å². The van der Waals surface area contributed by atoms with Crippen LogP contribution in [0.3, 0.4) is 0 Å². The second-order valence-electron chi connectivity index (χ2n) is 7.89. The van der Waals surface area contributed by atoms with E-state index in [2.05, 4.69) is 46.8 Å². The van der Waals surface area contributed by atoms with Crippen molar-refractivity contribution in [1.82, 2.24) is 0 Å². The van der Waals surface area contributed by atoms with Crippen LogP contribution in [0.25, 0.3) is 6.08 Å². The van der Waals surface area contributed by atoms with Crippen molar-refractivity contribution in [2.24, 2.45) is 0 Å². The summed E-state index contributed by atoms with van der Waals surface area (Å²) in [7, 11) is 3.18. The number of aryl methyl sites for hydroxylation is 2. The molecular formula is C24H30O4. The van der Waals surface area contributed by atoms with Gasteiger partial charge < -0.3 is 14.2 Å². The van der Waals surface area contributed by atoms with Crippen LogP contribution in [0.2, 0.25) is 0 Å². The lowest BCUT2D eigenvalue weighted by Gasteiger charge is -2.22. The minimum absolute atomic E-state index is 0.0882. The second-order valence-corrected chi connectivity index (χ2v) is 7.89. The van der Waals surface area contributed by atoms with Gasteiger partial charge in [0.1, 0.15) is 18.1 Å². The van der Waals surface area contributed by atoms with Gasteiger partial charge in [0, 0.05) is 17.7 Å². The summed E-state index contributed by atoms with van der Waals surface area (Å²) >= 11 is 0. The zero-order valence-corrected chi connectivity index (χ0v) is 17.9. The van der Waals surface area contributed by atoms with E-state index in [1.807, 2.05) is 12.1 Å². The van der Waals surface area contributed by atoms with E-state index in [-0.39, 0.29) is 12.0 Å². The van der Waals surface area contributed by atoms with Crippen molar-refractivity contribution in [2.75, 3.05) is 14.2 Å². The predicted octanol–water partition coefficient (Wildman–Crippen LogP) is 5.37. The lowest BCUT2D eigenvalue weighted by molar-refractivity contribution is -0.138. The van der Waals surface area contributed by atoms with Gasteiger partial charge in [-0.2, -0.15) is 0 Å². The van der Waals surface area contributed by atoms with Crippen LogP contribution < -0.4 is 9.47 Å². The number of methoxy groups -OCH3 is 2. The highest BCUT2D eigenvalue weighted by atomic mass is 16.5. The van der Waals surface area contributed by atoms with Crippen LogP contribution in [0.5, 0.6) is 11.5 Å². The topological polar surface area (TPSA) is 44.8 Å². The third-order valence-electron chi connectivity index (χ3n) is 4.76. The van der Waals surface area contributed by atoms with Crippen LogP contribution in [0.1, 0.15) is 48.6 Å². The van der Waals surface area contributed by atoms with Crippen LogP contribution in [0.15, 0.2) is 36.4 Å². The predicted molar refractivity (Wildman–Crippen MR) is 113 cm³/mol. The van der Waals surface area contributed by atoms with Gasteiger partial charge in [-0.1, -0.05) is 32.9 Å². The molecule has 4 nitrogen and oxygen atoms in total. The Hall–Kier alpha value is -2.75. The molecule has 0 amide bonds. The van der Waals surface area contributed by atoms with Crippen molar-refractivity contribution >= 4 is 12.0 Å². The zero-order valence-electron chi connectivity index (χ0n) is 17.9. The summed E-state index contributed by atoms with van der Waals surface area (Å²) in [5.41, 5.74) is 5.48. The molecule has 2 aromatic carbocycles. The maximum Gasteiger partial charge on any atom is 0.331 e. The summed E-state index contributed by atoms with van der Waals surface area (Å²) in [4.78, 5) is 12.2. The first-order valence-electron chi connectivity index (χ1n) is 9.33. The molecule has 2 aromatic rings. The molecule has 0 heterocycles. The van der Waals surface area contributed by atoms with E-state index in [1.165, 1.54) is 11.6 Å². The molecule has 0 fully saturated rings. The Morgan fingerprint density at radius 3 is 2.18 bits per heavy atom. The van der Waals surface area contributed by atoms with Crippen LogP contribution in [0.4, 0.5) is 0 Å². The van der Waals surface area contributed by atoms with Crippen molar-refractivity contribution in [2.45, 2.75) is 46.6 Å². The molecule has 150 valence electrons. The smallest absolute Gasteiger partial charge is 0.331 e. The second kappa shape index (κ2) is 8.96. The molecule has 2 rings (SSSR count). The largest absolute Gasteiger partial charge is 0.497 e. The molecule has 0 N–H and O–H groups in total. The van der Waals surface area contributed by atoms with Gasteiger partial charge in [0.05, 0.1) is 14.2 Å². The van der Waals surface area contributed by atoms with Crippen molar-refractivity contribution in [3.63, 3.8) is 0 Å². The van der Waals surface area contributed by atoms with Crippen molar-refractivity contribution in [1.29, 1.82) is 0 Å². The van der Waals surface area contributed by atoms with Gasteiger partial charge in [0.2, 0.25) is 0 Å². The fourth-order valence-corrected chi connectivity index (χ4v) is 2.96. The van der Waals surface area contributed by atoms with E-state index in [1.54, 1.807) is 26.4 Å². The molecule has 0 aliphatic carbocycles. The highest BCUT2D eigenvalue weighted by Crippen LogP contribution is 2.28. The van der Waals surface area contributed by atoms with E-state index in [9.17, 15) is 4.79 Å². The minimum Gasteiger partial charge on any atom is -0.497 e. The molecule has 0 bridgehead atoms. The molecule has 0 saturated heterocycles. The average molecular weight is 383 g/mol. The van der Waals surface area contributed by atoms with Crippen LogP contribution >= 0.6 is 0 Å². The Bertz CT molecular complexity index is 850. The minimum atomic E-state index is -0.392. The third kappa shape index (κ3) is 5.38. The fourth-order valence-electron chi connectivity index (χ4n) is 2.96. The summed E-state index contributed by atoms with van der Waals surface area (Å²) < 4.78 is 16.0. The molecule has 0 aliphatic heterocycles. The number of carbonyl (C=O) groups is 1. The molecule has 0 unspecified atom stereocenters. The molecule has 28 heavy (non-hydrogen) atoms. The number of carbonyl (C=O) groups excluding carboxylic acids is 1. The van der Waals surface area contributed by atoms with E-state index in [0.29, 0.717) is 11.5 Å². The number of hydrogen-bond donors (Lipinski definition) is 0. The SMILES string of the molecule is COc1ccc(/C=C/C(=O)OCc2c(C)cc(C(C)(C)C)cc2C)c(OC)c1. The summed E-state index contributed by atoms with van der Waals surface area (Å²) in [5.74, 6) is 0.936. The van der Waals surface area contributed by atoms with Gasteiger partial charge in [-0.25, -0.2) is 4.79 Å². The Labute approximate surface area is 168 Å². The first kappa shape index (κ1) is 21.5. The van der Waals surface area contributed by atoms with Crippen LogP contribution in [-0.2, 0) is 21.6 Å². The Balaban J connectivity index is 2.08. The molecule has 0 radical (unpaired) electrons. The monoisotopic (exact) mass is 382 g/mol. The van der Waals surface area contributed by atoms with Gasteiger partial charge in [0.25, 0.3) is 0 Å². The highest BCUT2D eigenvalue weighted by molar-refractivity contribution is 5.87. The van der Waals surface area contributed by atoms with E-state index in [0.717, 1.165) is 22.3 Å². The van der Waals surface area contributed by atoms with Gasteiger partial charge in [-0.3, -0.25) is 0 Å². The standard InChI is InChI=1S/C24H30O4/c1-16-12-19(24(3,4)5)13-17(2)21(16)15-28-23(25)11-9-18-8-10-20(26-6)14-22(18)27-7/h8-14H,15H2,1-7H3/b11-9+. The summed E-state index contributed by atoms with van der Waals surface area (Å²) in [6, 6.07) is 9.77. The molecule has 4 heteroatoms. The lowest BCUT2D eigenvalue weighted by Crippen LogP contribution is -2.13. The number of hydrogen-bond acceptors (Lipinski definition) is 4. The lowest BCUT2D eigenvalue weighted by atomic mass is 9.84. The summed E-state index contributed by atoms with van der Waals surface area (Å²) in [6.07, 6.45) is 3.10. The Morgan fingerprint density at radius 2 is 1.64 bits per heavy atom. The summed E-state index contributed by atoms with van der Waals surface area (Å²) in [6.45, 7) is 11.0. The number of ether oxygens (including phenoxy) is 3. The highest BCUT2D eigenvalue weighted by Gasteiger charge is 2.16. The van der Waals surface area contributed by atoms with Gasteiger partial charge in [-0.15, -0.1) is 0 Å². The number of esters is 1. The molecule has 0 aromatic heterocycles. The summed E-state index contributed by atoms with van der Waals surface area (Å²) in [5, 5.41) is 0. The Kier molecular flexibility index (Phi) is 6.90. The van der Waals surface area contributed by atoms with Crippen LogP contribution in [-0.4, -0.2) is 20.2 Å². The first-order valence-corrected chi connectivity index (χ1v) is 9.33. The average Bonchev–Trinajstić information content (AvgIpc) is 2.64. The van der Waals surface area contributed by atoms with E-state index < -0.39 is 5.97 Å². The van der Waals surface area contributed by atoms with Gasteiger partial charge in [-0.05, 0) is 59.7 Å². The maximum absolute atomic E-state index is 12.2. The van der Waals surface area contributed by atoms with Gasteiger partial charge >= 0.3 is 5.97 Å². The van der Waals surface area contributed by atoms with Crippen molar-refractivity contribution < 1.29 is 19.0 Å². The quantitative estimate of drug-likeness (QED) is 0.497. The molecule has 0 spiro atoms. The fraction of sp³-hybridized carbons (Fsp3) is 0.375. The van der Waals surface area contributed by atoms with E-state index in [4.69, 9.17) is 14.2 Å². The number of rotatable bonds is 6. The van der Waals surface area contributed by atoms with Crippen molar-refractivity contribution in [3.05, 3.63) is 64.2 Å². The molecular weight excluding hydrogens is 352 g/mol. The molecule has 0 aliphatic rings. The van der Waals surface area contributed by atoms with Crippen molar-refractivity contribution in [3.8, 4) is 11.5 Å². The van der Waals surface area contributed by atoms with Crippen LogP contribution in [0, 0.1) is 13.8 Å². The normalized spacial score (nSPS) is 11.5. The first-order chi connectivity index (χ1) is 13.2. The zero-order chi connectivity index (χ0) is 20.9. The molecule has 0 atom stereocenters. The number of benzene rings is 2. The maximum atomic E-state index is 12.2.